The molecule has 3 heterocycles. The van der Waals surface area contributed by atoms with E-state index in [4.69, 9.17) is 9.47 Å². The van der Waals surface area contributed by atoms with Gasteiger partial charge in [0, 0.05) is 0 Å². The molecule has 0 bridgehead atoms. The van der Waals surface area contributed by atoms with Crippen LogP contribution in [0, 0.1) is 0 Å². The van der Waals surface area contributed by atoms with Crippen LogP contribution in [-0.4, -0.2) is 55.1 Å². The predicted octanol–water partition coefficient (Wildman–Crippen LogP) is 3.98. The minimum absolute atomic E-state index is 0.0124. The molecule has 1 aliphatic rings. The summed E-state index contributed by atoms with van der Waals surface area (Å²) < 4.78 is 10.8. The molecule has 0 saturated carbocycles. The van der Waals surface area contributed by atoms with Gasteiger partial charge in [-0.25, -0.2) is 14.6 Å². The van der Waals surface area contributed by atoms with Gasteiger partial charge in [0.05, 0.1) is 22.2 Å². The molecule has 1 aliphatic heterocycles. The second kappa shape index (κ2) is 7.47. The number of hydrogen-bond donors (Lipinski definition) is 1. The number of nitrogens with one attached hydrogen (secondary N) is 1. The van der Waals surface area contributed by atoms with E-state index in [0.717, 1.165) is 0 Å². The minimum Gasteiger partial charge on any atom is -0.443 e. The van der Waals surface area contributed by atoms with Gasteiger partial charge in [-0.15, -0.1) is 4.90 Å². The van der Waals surface area contributed by atoms with Gasteiger partial charge in [0.25, 0.3) is 0 Å². The average molecular weight is 450 g/mol. The number of hydrogen-bond acceptors (Lipinski definition) is 9. The van der Waals surface area contributed by atoms with Gasteiger partial charge >= 0.3 is 12.2 Å². The molecule has 0 radical (unpaired) electrons. The molecule has 168 valence electrons. The summed E-state index contributed by atoms with van der Waals surface area (Å²) in [6.07, 6.45) is -1.94. The topological polar surface area (TPSA) is 127 Å². The lowest BCUT2D eigenvalue weighted by Gasteiger charge is -2.27. The molecule has 0 unspecified atom stereocenters. The lowest BCUT2D eigenvalue weighted by Crippen LogP contribution is -2.44. The Balaban J connectivity index is 2.15. The fourth-order valence-corrected chi connectivity index (χ4v) is 3.96. The SMILES string of the molecule is CC(C)(C)OC(=O)N(C(=O)OC(C)(C)C)c1nc2c3c(n[nH]c3n1)C(C)(C)C(=O)CS2. The molecule has 10 nitrogen and oxygen atoms in total. The van der Waals surface area contributed by atoms with Crippen LogP contribution in [0.25, 0.3) is 11.0 Å². The number of ketones is 1. The molecule has 0 fully saturated rings. The predicted molar refractivity (Wildman–Crippen MR) is 115 cm³/mol. The Kier molecular flexibility index (Phi) is 5.54. The highest BCUT2D eigenvalue weighted by Gasteiger charge is 2.40. The van der Waals surface area contributed by atoms with Crippen LogP contribution in [0.5, 0.6) is 0 Å². The summed E-state index contributed by atoms with van der Waals surface area (Å²) in [6, 6.07) is 0. The number of carbonyl (C=O) groups excluding carboxylic acids is 3. The van der Waals surface area contributed by atoms with Crippen molar-refractivity contribution in [3.05, 3.63) is 5.69 Å². The molecule has 0 aromatic carbocycles. The van der Waals surface area contributed by atoms with Gasteiger partial charge in [-0.05, 0) is 55.4 Å². The molecule has 3 rings (SSSR count). The fourth-order valence-electron chi connectivity index (χ4n) is 2.84. The Labute approximate surface area is 184 Å². The maximum absolute atomic E-state index is 12.9. The number of thioether (sulfide) groups is 1. The number of amides is 2. The Morgan fingerprint density at radius 2 is 1.58 bits per heavy atom. The van der Waals surface area contributed by atoms with E-state index in [0.29, 0.717) is 26.7 Å². The first kappa shape index (κ1) is 23.0. The van der Waals surface area contributed by atoms with E-state index < -0.39 is 28.8 Å². The number of imide groups is 1. The summed E-state index contributed by atoms with van der Waals surface area (Å²) in [5.41, 5.74) is -1.71. The van der Waals surface area contributed by atoms with Crippen LogP contribution >= 0.6 is 11.8 Å². The van der Waals surface area contributed by atoms with E-state index in [1.165, 1.54) is 11.8 Å². The third-order valence-electron chi connectivity index (χ3n) is 4.36. The van der Waals surface area contributed by atoms with Crippen LogP contribution < -0.4 is 4.90 Å². The van der Waals surface area contributed by atoms with Gasteiger partial charge in [-0.1, -0.05) is 11.8 Å². The Morgan fingerprint density at radius 1 is 1.03 bits per heavy atom. The normalized spacial score (nSPS) is 16.1. The Hall–Kier alpha value is -2.69. The first-order chi connectivity index (χ1) is 14.1. The lowest BCUT2D eigenvalue weighted by molar-refractivity contribution is -0.120. The summed E-state index contributed by atoms with van der Waals surface area (Å²) >= 11 is 1.21. The monoisotopic (exact) mass is 449 g/mol. The second-order valence-corrected chi connectivity index (χ2v) is 10.7. The summed E-state index contributed by atoms with van der Waals surface area (Å²) in [4.78, 5) is 47.8. The number of aromatic amines is 1. The molecule has 0 spiro atoms. The molecule has 0 aliphatic carbocycles. The van der Waals surface area contributed by atoms with Gasteiger partial charge in [0.15, 0.2) is 11.4 Å². The van der Waals surface area contributed by atoms with Crippen molar-refractivity contribution in [2.24, 2.45) is 0 Å². The molecular weight excluding hydrogens is 422 g/mol. The molecule has 1 N–H and O–H groups in total. The van der Waals surface area contributed by atoms with Gasteiger partial charge < -0.3 is 9.47 Å². The molecule has 11 heteroatoms. The fraction of sp³-hybridized carbons (Fsp3) is 0.600. The zero-order valence-corrected chi connectivity index (χ0v) is 19.8. The number of carbonyl (C=O) groups is 3. The van der Waals surface area contributed by atoms with Crippen molar-refractivity contribution in [3.63, 3.8) is 0 Å². The van der Waals surface area contributed by atoms with Crippen LogP contribution in [-0.2, 0) is 19.7 Å². The standard InChI is InChI=1S/C20H27N5O5S/c1-18(2,3)29-16(27)25(17(28)30-19(4,5)6)15-21-13-11-12(23-24-13)20(7,8)10(26)9-31-14(11)22-15/h9H2,1-8H3,(H,21,22,23,24). The number of anilines is 1. The number of Topliss-reactive ketones (excluding diaryl/α,β-unsaturated/α-hetero) is 1. The van der Waals surface area contributed by atoms with Crippen molar-refractivity contribution in [2.45, 2.75) is 77.0 Å². The van der Waals surface area contributed by atoms with Crippen LogP contribution in [0.1, 0.15) is 61.1 Å². The number of ether oxygens (including phenoxy) is 2. The summed E-state index contributed by atoms with van der Waals surface area (Å²) in [7, 11) is 0. The van der Waals surface area contributed by atoms with Crippen LogP contribution in [0.3, 0.4) is 0 Å². The summed E-state index contributed by atoms with van der Waals surface area (Å²) in [5.74, 6) is -0.0595. The van der Waals surface area contributed by atoms with Crippen LogP contribution in [0.4, 0.5) is 15.5 Å². The molecule has 2 aromatic heterocycles. The Bertz CT molecular complexity index is 1040. The van der Waals surface area contributed by atoms with E-state index in [2.05, 4.69) is 20.2 Å². The molecule has 0 saturated heterocycles. The minimum atomic E-state index is -0.969. The Morgan fingerprint density at radius 3 is 2.10 bits per heavy atom. The maximum atomic E-state index is 12.9. The van der Waals surface area contributed by atoms with Crippen molar-refractivity contribution in [3.8, 4) is 0 Å². The van der Waals surface area contributed by atoms with Crippen molar-refractivity contribution < 1.29 is 23.9 Å². The second-order valence-electron chi connectivity index (χ2n) is 9.76. The average Bonchev–Trinajstić information content (AvgIpc) is 2.97. The molecule has 0 atom stereocenters. The van der Waals surface area contributed by atoms with Crippen molar-refractivity contribution in [1.29, 1.82) is 0 Å². The zero-order chi connectivity index (χ0) is 23.4. The molecule has 2 amide bonds. The highest BCUT2D eigenvalue weighted by Crippen LogP contribution is 2.39. The van der Waals surface area contributed by atoms with E-state index >= 15 is 0 Å². The number of rotatable bonds is 1. The molecular formula is C20H27N5O5S. The van der Waals surface area contributed by atoms with Crippen molar-refractivity contribution in [1.82, 2.24) is 20.2 Å². The van der Waals surface area contributed by atoms with Gasteiger partial charge in [-0.3, -0.25) is 9.89 Å². The van der Waals surface area contributed by atoms with E-state index in [-0.39, 0.29) is 17.5 Å². The van der Waals surface area contributed by atoms with Crippen LogP contribution in [0.15, 0.2) is 5.03 Å². The maximum Gasteiger partial charge on any atom is 0.427 e. The molecule has 31 heavy (non-hydrogen) atoms. The van der Waals surface area contributed by atoms with Gasteiger partial charge in [0.2, 0.25) is 5.95 Å². The number of H-pyrrole nitrogens is 1. The van der Waals surface area contributed by atoms with Gasteiger partial charge in [0.1, 0.15) is 16.2 Å². The van der Waals surface area contributed by atoms with Crippen molar-refractivity contribution >= 4 is 46.7 Å². The first-order valence-corrected chi connectivity index (χ1v) is 10.8. The highest BCUT2D eigenvalue weighted by atomic mass is 32.2. The van der Waals surface area contributed by atoms with E-state index in [1.54, 1.807) is 55.4 Å². The largest absolute Gasteiger partial charge is 0.443 e. The van der Waals surface area contributed by atoms with Crippen molar-refractivity contribution in [2.75, 3.05) is 10.7 Å². The first-order valence-electron chi connectivity index (χ1n) is 9.79. The summed E-state index contributed by atoms with van der Waals surface area (Å²) in [6.45, 7) is 13.7. The lowest BCUT2D eigenvalue weighted by atomic mass is 9.84. The third-order valence-corrected chi connectivity index (χ3v) is 5.33. The summed E-state index contributed by atoms with van der Waals surface area (Å²) in [5, 5.41) is 8.12. The highest BCUT2D eigenvalue weighted by molar-refractivity contribution is 8.00. The van der Waals surface area contributed by atoms with E-state index in [9.17, 15) is 14.4 Å². The van der Waals surface area contributed by atoms with E-state index in [1.807, 2.05) is 0 Å². The number of aromatic nitrogens is 4. The molecule has 2 aromatic rings. The smallest absolute Gasteiger partial charge is 0.427 e. The van der Waals surface area contributed by atoms with Gasteiger partial charge in [-0.2, -0.15) is 10.1 Å². The van der Waals surface area contributed by atoms with Crippen LogP contribution in [0.2, 0.25) is 0 Å². The zero-order valence-electron chi connectivity index (χ0n) is 18.9. The number of nitrogens with zero attached hydrogens (tertiary/aromatic N) is 4. The third kappa shape index (κ3) is 4.65. The quantitative estimate of drug-likeness (QED) is 0.643.